The van der Waals surface area contributed by atoms with Crippen LogP contribution in [0.5, 0.6) is 0 Å². The number of hydrogen-bond donors (Lipinski definition) is 2. The van der Waals surface area contributed by atoms with Crippen molar-refractivity contribution in [1.29, 1.82) is 0 Å². The number of amides is 2. The van der Waals surface area contributed by atoms with Crippen LogP contribution < -0.4 is 16.0 Å². The highest BCUT2D eigenvalue weighted by Gasteiger charge is 2.11. The van der Waals surface area contributed by atoms with E-state index in [0.717, 1.165) is 37.7 Å². The zero-order valence-corrected chi connectivity index (χ0v) is 11.3. The highest BCUT2D eigenvalue weighted by Crippen LogP contribution is 2.19. The highest BCUT2D eigenvalue weighted by molar-refractivity contribution is 5.93. The van der Waals surface area contributed by atoms with E-state index in [4.69, 9.17) is 10.5 Å². The van der Waals surface area contributed by atoms with Crippen LogP contribution in [0.4, 0.5) is 11.4 Å². The molecule has 108 valence electrons. The predicted octanol–water partition coefficient (Wildman–Crippen LogP) is 0.727. The topological polar surface area (TPSA) is 84.7 Å². The predicted molar refractivity (Wildman–Crippen MR) is 76.5 cm³/mol. The van der Waals surface area contributed by atoms with Gasteiger partial charge in [0.1, 0.15) is 0 Å². The zero-order valence-electron chi connectivity index (χ0n) is 11.3. The molecule has 1 heterocycles. The molecule has 1 aromatic rings. The van der Waals surface area contributed by atoms with Gasteiger partial charge in [0.25, 0.3) is 0 Å². The normalized spacial score (nSPS) is 14.9. The number of primary amides is 1. The van der Waals surface area contributed by atoms with Gasteiger partial charge in [0.15, 0.2) is 0 Å². The SMILES string of the molecule is NC(=O)CCC(=O)Nc1ccc(N2CCOCC2)cc1. The molecule has 2 amide bonds. The van der Waals surface area contributed by atoms with Crippen molar-refractivity contribution in [2.24, 2.45) is 5.73 Å². The third kappa shape index (κ3) is 4.24. The van der Waals surface area contributed by atoms with Crippen molar-refractivity contribution in [2.45, 2.75) is 12.8 Å². The fourth-order valence-corrected chi connectivity index (χ4v) is 2.04. The van der Waals surface area contributed by atoms with Crippen LogP contribution >= 0.6 is 0 Å². The van der Waals surface area contributed by atoms with E-state index >= 15 is 0 Å². The number of carbonyl (C=O) groups is 2. The summed E-state index contributed by atoms with van der Waals surface area (Å²) in [5, 5.41) is 2.74. The van der Waals surface area contributed by atoms with Crippen molar-refractivity contribution in [3.8, 4) is 0 Å². The Hall–Kier alpha value is -2.08. The summed E-state index contributed by atoms with van der Waals surface area (Å²) in [4.78, 5) is 24.4. The van der Waals surface area contributed by atoms with Crippen molar-refractivity contribution in [3.63, 3.8) is 0 Å². The van der Waals surface area contributed by atoms with Gasteiger partial charge in [-0.1, -0.05) is 0 Å². The minimum absolute atomic E-state index is 0.0672. The number of morpholine rings is 1. The first-order chi connectivity index (χ1) is 9.65. The van der Waals surface area contributed by atoms with Crippen molar-refractivity contribution >= 4 is 23.2 Å². The van der Waals surface area contributed by atoms with Crippen LogP contribution in [0.2, 0.25) is 0 Å². The van der Waals surface area contributed by atoms with Crippen LogP contribution in [0.1, 0.15) is 12.8 Å². The van der Waals surface area contributed by atoms with Gasteiger partial charge < -0.3 is 20.7 Å². The molecule has 1 fully saturated rings. The Morgan fingerprint density at radius 3 is 2.40 bits per heavy atom. The molecule has 0 spiro atoms. The molecule has 0 saturated carbocycles. The standard InChI is InChI=1S/C14H19N3O3/c15-13(18)5-6-14(19)16-11-1-3-12(4-2-11)17-7-9-20-10-8-17/h1-4H,5-10H2,(H2,15,18)(H,16,19). The van der Waals surface area contributed by atoms with E-state index in [1.807, 2.05) is 24.3 Å². The van der Waals surface area contributed by atoms with E-state index < -0.39 is 5.91 Å². The Bertz CT molecular complexity index is 467. The first kappa shape index (κ1) is 14.3. The first-order valence-corrected chi connectivity index (χ1v) is 6.66. The van der Waals surface area contributed by atoms with Crippen molar-refractivity contribution in [3.05, 3.63) is 24.3 Å². The number of nitrogens with zero attached hydrogens (tertiary/aromatic N) is 1. The molecule has 2 rings (SSSR count). The van der Waals surface area contributed by atoms with Gasteiger partial charge in [0.05, 0.1) is 13.2 Å². The minimum atomic E-state index is -0.470. The molecule has 6 nitrogen and oxygen atoms in total. The number of hydrogen-bond acceptors (Lipinski definition) is 4. The summed E-state index contributed by atoms with van der Waals surface area (Å²) in [7, 11) is 0. The van der Waals surface area contributed by atoms with Gasteiger partial charge in [-0.15, -0.1) is 0 Å². The Labute approximate surface area is 117 Å². The highest BCUT2D eigenvalue weighted by atomic mass is 16.5. The molecule has 0 atom stereocenters. The summed E-state index contributed by atoms with van der Waals surface area (Å²) in [6.07, 6.45) is 0.179. The monoisotopic (exact) mass is 277 g/mol. The lowest BCUT2D eigenvalue weighted by Gasteiger charge is -2.28. The number of benzene rings is 1. The summed E-state index contributed by atoms with van der Waals surface area (Å²) in [5.74, 6) is -0.675. The van der Waals surface area contributed by atoms with Gasteiger partial charge in [0.2, 0.25) is 11.8 Å². The maximum Gasteiger partial charge on any atom is 0.224 e. The summed E-state index contributed by atoms with van der Waals surface area (Å²) in [6.45, 7) is 3.24. The number of nitrogens with one attached hydrogen (secondary N) is 1. The second-order valence-corrected chi connectivity index (χ2v) is 4.66. The molecule has 0 radical (unpaired) electrons. The van der Waals surface area contributed by atoms with Gasteiger partial charge in [-0.25, -0.2) is 0 Å². The third-order valence-electron chi connectivity index (χ3n) is 3.13. The van der Waals surface area contributed by atoms with Crippen LogP contribution in [0.15, 0.2) is 24.3 Å². The van der Waals surface area contributed by atoms with Gasteiger partial charge >= 0.3 is 0 Å². The number of anilines is 2. The Balaban J connectivity index is 1.87. The van der Waals surface area contributed by atoms with Crippen molar-refractivity contribution in [1.82, 2.24) is 0 Å². The largest absolute Gasteiger partial charge is 0.378 e. The maximum atomic E-state index is 11.6. The minimum Gasteiger partial charge on any atom is -0.378 e. The summed E-state index contributed by atoms with van der Waals surface area (Å²) >= 11 is 0. The molecule has 1 saturated heterocycles. The molecule has 1 aromatic carbocycles. The van der Waals surface area contributed by atoms with E-state index in [9.17, 15) is 9.59 Å². The zero-order chi connectivity index (χ0) is 14.4. The lowest BCUT2D eigenvalue weighted by atomic mass is 10.2. The molecular formula is C14H19N3O3. The Morgan fingerprint density at radius 1 is 1.15 bits per heavy atom. The van der Waals surface area contributed by atoms with E-state index in [0.29, 0.717) is 0 Å². The smallest absolute Gasteiger partial charge is 0.224 e. The van der Waals surface area contributed by atoms with Gasteiger partial charge in [0, 0.05) is 37.3 Å². The molecule has 1 aliphatic rings. The van der Waals surface area contributed by atoms with Gasteiger partial charge in [-0.2, -0.15) is 0 Å². The average molecular weight is 277 g/mol. The molecule has 0 aliphatic carbocycles. The maximum absolute atomic E-state index is 11.6. The van der Waals surface area contributed by atoms with Crippen LogP contribution in [0, 0.1) is 0 Å². The second kappa shape index (κ2) is 6.91. The molecule has 0 unspecified atom stereocenters. The quantitative estimate of drug-likeness (QED) is 0.831. The fourth-order valence-electron chi connectivity index (χ4n) is 2.04. The summed E-state index contributed by atoms with van der Waals surface area (Å²) < 4.78 is 5.31. The molecule has 20 heavy (non-hydrogen) atoms. The summed E-state index contributed by atoms with van der Waals surface area (Å²) in [5.41, 5.74) is 6.84. The molecule has 3 N–H and O–H groups in total. The van der Waals surface area contributed by atoms with E-state index in [1.54, 1.807) is 0 Å². The third-order valence-corrected chi connectivity index (χ3v) is 3.13. The number of rotatable bonds is 5. The molecule has 0 bridgehead atoms. The van der Waals surface area contributed by atoms with Crippen molar-refractivity contribution < 1.29 is 14.3 Å². The summed E-state index contributed by atoms with van der Waals surface area (Å²) in [6, 6.07) is 7.64. The fraction of sp³-hybridized carbons (Fsp3) is 0.429. The first-order valence-electron chi connectivity index (χ1n) is 6.66. The molecule has 0 aromatic heterocycles. The van der Waals surface area contributed by atoms with E-state index in [2.05, 4.69) is 10.2 Å². The second-order valence-electron chi connectivity index (χ2n) is 4.66. The number of ether oxygens (including phenoxy) is 1. The number of carbonyl (C=O) groups excluding carboxylic acids is 2. The number of nitrogens with two attached hydrogens (primary N) is 1. The molecule has 6 heteroatoms. The average Bonchev–Trinajstić information content (AvgIpc) is 2.47. The lowest BCUT2D eigenvalue weighted by molar-refractivity contribution is -0.122. The van der Waals surface area contributed by atoms with Gasteiger partial charge in [-0.05, 0) is 24.3 Å². The van der Waals surface area contributed by atoms with Crippen LogP contribution in [0.3, 0.4) is 0 Å². The van der Waals surface area contributed by atoms with Gasteiger partial charge in [-0.3, -0.25) is 9.59 Å². The molecule has 1 aliphatic heterocycles. The Kier molecular flexibility index (Phi) is 4.95. The van der Waals surface area contributed by atoms with E-state index in [-0.39, 0.29) is 18.7 Å². The lowest BCUT2D eigenvalue weighted by Crippen LogP contribution is -2.36. The molecular weight excluding hydrogens is 258 g/mol. The van der Waals surface area contributed by atoms with Crippen LogP contribution in [0.25, 0.3) is 0 Å². The van der Waals surface area contributed by atoms with Crippen LogP contribution in [-0.2, 0) is 14.3 Å². The Morgan fingerprint density at radius 2 is 1.80 bits per heavy atom. The van der Waals surface area contributed by atoms with E-state index in [1.165, 1.54) is 0 Å². The van der Waals surface area contributed by atoms with Crippen LogP contribution in [-0.4, -0.2) is 38.1 Å². The van der Waals surface area contributed by atoms with Crippen molar-refractivity contribution in [2.75, 3.05) is 36.5 Å².